The highest BCUT2D eigenvalue weighted by Crippen LogP contribution is 2.33. The molecule has 9 heteroatoms. The molecule has 0 radical (unpaired) electrons. The molecule has 6 nitrogen and oxygen atoms in total. The van der Waals surface area contributed by atoms with Crippen LogP contribution in [-0.2, 0) is 22.6 Å². The van der Waals surface area contributed by atoms with E-state index < -0.39 is 23.7 Å². The van der Waals surface area contributed by atoms with E-state index in [2.05, 4.69) is 27.8 Å². The molecule has 0 atom stereocenters. The number of anilines is 1. The second kappa shape index (κ2) is 10.7. The standard InChI is InChI=1S/C27H19BrF2N2O4/c1-2-4-18-11-17(14-23(28)24(18)36-15-16-5-3-6-20(30)12-16)13-22-25(33)31-27(35)32(26(22)34)21-9-7-19(29)8-10-21/h2-3,5-14H,1,4,15H2,(H,31,33,35)/b22-13+. The normalized spacial score (nSPS) is 14.7. The smallest absolute Gasteiger partial charge is 0.335 e. The molecule has 0 bridgehead atoms. The van der Waals surface area contributed by atoms with E-state index in [0.29, 0.717) is 33.3 Å². The molecule has 1 aliphatic heterocycles. The fourth-order valence-corrected chi connectivity index (χ4v) is 4.29. The molecule has 1 heterocycles. The van der Waals surface area contributed by atoms with Gasteiger partial charge in [-0.2, -0.15) is 0 Å². The van der Waals surface area contributed by atoms with Gasteiger partial charge in [0.25, 0.3) is 11.8 Å². The predicted octanol–water partition coefficient (Wildman–Crippen LogP) is 5.70. The molecule has 1 fully saturated rings. The van der Waals surface area contributed by atoms with Gasteiger partial charge in [0.05, 0.1) is 10.2 Å². The topological polar surface area (TPSA) is 75.7 Å². The summed E-state index contributed by atoms with van der Waals surface area (Å²) in [7, 11) is 0. The second-order valence-corrected chi connectivity index (χ2v) is 8.69. The van der Waals surface area contributed by atoms with Gasteiger partial charge in [0.2, 0.25) is 0 Å². The van der Waals surface area contributed by atoms with Gasteiger partial charge in [0.1, 0.15) is 29.6 Å². The van der Waals surface area contributed by atoms with Crippen LogP contribution >= 0.6 is 15.9 Å². The Labute approximate surface area is 214 Å². The van der Waals surface area contributed by atoms with Gasteiger partial charge in [-0.25, -0.2) is 18.5 Å². The Morgan fingerprint density at radius 3 is 2.44 bits per heavy atom. The number of amides is 4. The van der Waals surface area contributed by atoms with Crippen LogP contribution in [0.4, 0.5) is 19.3 Å². The lowest BCUT2D eigenvalue weighted by molar-refractivity contribution is -0.122. The number of nitrogens with zero attached hydrogens (tertiary/aromatic N) is 1. The molecule has 1 N–H and O–H groups in total. The lowest BCUT2D eigenvalue weighted by Gasteiger charge is -2.26. The number of ether oxygens (including phenoxy) is 1. The van der Waals surface area contributed by atoms with E-state index in [-0.39, 0.29) is 23.7 Å². The van der Waals surface area contributed by atoms with Gasteiger partial charge in [-0.3, -0.25) is 14.9 Å². The number of halogens is 3. The highest BCUT2D eigenvalue weighted by atomic mass is 79.9. The van der Waals surface area contributed by atoms with Gasteiger partial charge in [0, 0.05) is 0 Å². The van der Waals surface area contributed by atoms with Crippen molar-refractivity contribution in [2.45, 2.75) is 13.0 Å². The number of hydrogen-bond acceptors (Lipinski definition) is 4. The van der Waals surface area contributed by atoms with E-state index in [1.165, 1.54) is 30.3 Å². The number of nitrogens with one attached hydrogen (secondary N) is 1. The van der Waals surface area contributed by atoms with Gasteiger partial charge in [-0.1, -0.05) is 18.2 Å². The zero-order valence-electron chi connectivity index (χ0n) is 18.8. The molecule has 3 aromatic rings. The van der Waals surface area contributed by atoms with Crippen molar-refractivity contribution in [3.63, 3.8) is 0 Å². The van der Waals surface area contributed by atoms with Gasteiger partial charge < -0.3 is 4.74 Å². The first-order chi connectivity index (χ1) is 17.3. The van der Waals surface area contributed by atoms with E-state index in [0.717, 1.165) is 17.0 Å². The summed E-state index contributed by atoms with van der Waals surface area (Å²) in [5.74, 6) is -2.09. The minimum atomic E-state index is -0.927. The summed E-state index contributed by atoms with van der Waals surface area (Å²) in [6, 6.07) is 13.3. The van der Waals surface area contributed by atoms with Crippen molar-refractivity contribution in [3.05, 3.63) is 112 Å². The number of allylic oxidation sites excluding steroid dienone is 1. The SMILES string of the molecule is C=CCc1cc(/C=C2\C(=O)NC(=O)N(c3ccc(F)cc3)C2=O)cc(Br)c1OCc1cccc(F)c1. The molecule has 4 rings (SSSR count). The van der Waals surface area contributed by atoms with Crippen LogP contribution in [0.1, 0.15) is 16.7 Å². The van der Waals surface area contributed by atoms with E-state index in [9.17, 15) is 23.2 Å². The summed E-state index contributed by atoms with van der Waals surface area (Å²) < 4.78 is 33.3. The van der Waals surface area contributed by atoms with Crippen molar-refractivity contribution in [1.82, 2.24) is 5.32 Å². The molecule has 0 saturated carbocycles. The third-order valence-electron chi connectivity index (χ3n) is 5.28. The first kappa shape index (κ1) is 25.0. The summed E-state index contributed by atoms with van der Waals surface area (Å²) in [6.45, 7) is 3.88. The molecule has 0 unspecified atom stereocenters. The monoisotopic (exact) mass is 552 g/mol. The van der Waals surface area contributed by atoms with Crippen LogP contribution in [0.2, 0.25) is 0 Å². The summed E-state index contributed by atoms with van der Waals surface area (Å²) in [4.78, 5) is 38.7. The molecule has 1 aliphatic rings. The highest BCUT2D eigenvalue weighted by molar-refractivity contribution is 9.10. The second-order valence-electron chi connectivity index (χ2n) is 7.84. The van der Waals surface area contributed by atoms with Crippen molar-refractivity contribution in [1.29, 1.82) is 0 Å². The zero-order valence-corrected chi connectivity index (χ0v) is 20.3. The zero-order chi connectivity index (χ0) is 25.8. The van der Waals surface area contributed by atoms with Gasteiger partial charge >= 0.3 is 6.03 Å². The van der Waals surface area contributed by atoms with E-state index in [1.807, 2.05) is 0 Å². The number of rotatable bonds is 7. The fraction of sp³-hybridized carbons (Fsp3) is 0.0741. The minimum absolute atomic E-state index is 0.118. The van der Waals surface area contributed by atoms with E-state index >= 15 is 0 Å². The van der Waals surface area contributed by atoms with Crippen molar-refractivity contribution in [2.75, 3.05) is 4.90 Å². The highest BCUT2D eigenvalue weighted by Gasteiger charge is 2.36. The van der Waals surface area contributed by atoms with Crippen molar-refractivity contribution in [2.24, 2.45) is 0 Å². The van der Waals surface area contributed by atoms with E-state index in [1.54, 1.807) is 30.3 Å². The lowest BCUT2D eigenvalue weighted by atomic mass is 10.0. The quantitative estimate of drug-likeness (QED) is 0.232. The average Bonchev–Trinajstić information content (AvgIpc) is 2.82. The largest absolute Gasteiger partial charge is 0.487 e. The number of carbonyl (C=O) groups excluding carboxylic acids is 3. The maximum absolute atomic E-state index is 13.5. The number of carbonyl (C=O) groups is 3. The van der Waals surface area contributed by atoms with Gasteiger partial charge in [0.15, 0.2) is 0 Å². The van der Waals surface area contributed by atoms with Gasteiger partial charge in [-0.15, -0.1) is 6.58 Å². The summed E-state index contributed by atoms with van der Waals surface area (Å²) in [5.41, 5.74) is 1.69. The Kier molecular flexibility index (Phi) is 7.40. The van der Waals surface area contributed by atoms with Crippen LogP contribution in [0.25, 0.3) is 6.08 Å². The Balaban J connectivity index is 1.66. The van der Waals surface area contributed by atoms with Crippen LogP contribution in [0, 0.1) is 11.6 Å². The Morgan fingerprint density at radius 1 is 1.00 bits per heavy atom. The summed E-state index contributed by atoms with van der Waals surface area (Å²) in [6.07, 6.45) is 3.43. The van der Waals surface area contributed by atoms with Crippen LogP contribution in [0.15, 0.2) is 83.4 Å². The fourth-order valence-electron chi connectivity index (χ4n) is 3.66. The minimum Gasteiger partial charge on any atom is -0.487 e. The Morgan fingerprint density at radius 2 is 1.75 bits per heavy atom. The Hall–Kier alpha value is -4.11. The van der Waals surface area contributed by atoms with Crippen molar-refractivity contribution < 1.29 is 27.9 Å². The van der Waals surface area contributed by atoms with Crippen LogP contribution in [0.3, 0.4) is 0 Å². The molecule has 3 aromatic carbocycles. The molecule has 0 spiro atoms. The Bertz CT molecular complexity index is 1400. The third-order valence-corrected chi connectivity index (χ3v) is 5.87. The first-order valence-electron chi connectivity index (χ1n) is 10.7. The van der Waals surface area contributed by atoms with Crippen LogP contribution < -0.4 is 15.0 Å². The number of hydrogen-bond donors (Lipinski definition) is 1. The molecule has 4 amide bonds. The molecule has 0 aromatic heterocycles. The number of barbiturate groups is 1. The van der Waals surface area contributed by atoms with Gasteiger partial charge in [-0.05, 0) is 93.6 Å². The molecule has 182 valence electrons. The lowest BCUT2D eigenvalue weighted by Crippen LogP contribution is -2.54. The molecule has 1 saturated heterocycles. The number of imide groups is 2. The van der Waals surface area contributed by atoms with Crippen LogP contribution in [0.5, 0.6) is 5.75 Å². The van der Waals surface area contributed by atoms with Crippen molar-refractivity contribution >= 4 is 45.5 Å². The predicted molar refractivity (Wildman–Crippen MR) is 134 cm³/mol. The van der Waals surface area contributed by atoms with Crippen molar-refractivity contribution in [3.8, 4) is 5.75 Å². The number of benzene rings is 3. The number of urea groups is 1. The first-order valence-corrected chi connectivity index (χ1v) is 11.5. The maximum Gasteiger partial charge on any atom is 0.335 e. The van der Waals surface area contributed by atoms with Crippen LogP contribution in [-0.4, -0.2) is 17.8 Å². The molecular weight excluding hydrogens is 534 g/mol. The third kappa shape index (κ3) is 5.41. The average molecular weight is 553 g/mol. The van der Waals surface area contributed by atoms with E-state index in [4.69, 9.17) is 4.74 Å². The molecule has 0 aliphatic carbocycles. The molecular formula is C27H19BrF2N2O4. The molecule has 36 heavy (non-hydrogen) atoms. The summed E-state index contributed by atoms with van der Waals surface area (Å²) in [5, 5.41) is 2.13. The summed E-state index contributed by atoms with van der Waals surface area (Å²) >= 11 is 3.47. The maximum atomic E-state index is 13.5.